The Morgan fingerprint density at radius 2 is 1.88 bits per heavy atom. The Kier molecular flexibility index (Phi) is 9.35. The summed E-state index contributed by atoms with van der Waals surface area (Å²) in [4.78, 5) is 35.3. The molecule has 1 aromatic carbocycles. The fraction of sp³-hybridized carbons (Fsp3) is 0.471. The molecular weight excluding hydrogens is 358 g/mol. The molecule has 0 saturated heterocycles. The van der Waals surface area contributed by atoms with Crippen molar-refractivity contribution >= 4 is 29.7 Å². The van der Waals surface area contributed by atoms with Crippen molar-refractivity contribution in [1.82, 2.24) is 10.6 Å². The fourth-order valence-corrected chi connectivity index (χ4v) is 2.51. The number of primary amides is 1. The molecule has 1 aromatic rings. The molecule has 0 aromatic heterocycles. The van der Waals surface area contributed by atoms with Crippen LogP contribution in [-0.2, 0) is 20.9 Å². The number of amides is 3. The predicted molar refractivity (Wildman–Crippen MR) is 99.9 cm³/mol. The minimum absolute atomic E-state index is 0.292. The van der Waals surface area contributed by atoms with E-state index in [-0.39, 0.29) is 0 Å². The van der Waals surface area contributed by atoms with Gasteiger partial charge in [-0.25, -0.2) is 9.59 Å². The normalized spacial score (nSPS) is 12.6. The number of hydrogen-bond acceptors (Lipinski definition) is 6. The van der Waals surface area contributed by atoms with Gasteiger partial charge in [-0.2, -0.15) is 11.8 Å². The van der Waals surface area contributed by atoms with Crippen molar-refractivity contribution in [3.8, 4) is 5.75 Å². The highest BCUT2D eigenvalue weighted by Crippen LogP contribution is 2.11. The summed E-state index contributed by atoms with van der Waals surface area (Å²) in [6, 6.07) is 5.53. The predicted octanol–water partition coefficient (Wildman–Crippen LogP) is 1.03. The summed E-state index contributed by atoms with van der Waals surface area (Å²) in [6.45, 7) is 1.76. The van der Waals surface area contributed by atoms with E-state index in [1.165, 1.54) is 18.7 Å². The lowest BCUT2D eigenvalue weighted by Crippen LogP contribution is -2.47. The summed E-state index contributed by atoms with van der Waals surface area (Å²) in [5.41, 5.74) is 5.95. The van der Waals surface area contributed by atoms with Gasteiger partial charge in [-0.3, -0.25) is 4.79 Å². The van der Waals surface area contributed by atoms with E-state index in [2.05, 4.69) is 10.6 Å². The summed E-state index contributed by atoms with van der Waals surface area (Å²) in [7, 11) is 1.58. The van der Waals surface area contributed by atoms with Crippen LogP contribution in [0.5, 0.6) is 5.75 Å². The zero-order valence-corrected chi connectivity index (χ0v) is 15.9. The summed E-state index contributed by atoms with van der Waals surface area (Å²) in [6.07, 6.45) is 1.25. The maximum Gasteiger partial charge on any atom is 0.329 e. The van der Waals surface area contributed by atoms with Crippen LogP contribution in [-0.4, -0.2) is 49.2 Å². The van der Waals surface area contributed by atoms with Crippen molar-refractivity contribution in [2.24, 2.45) is 5.73 Å². The molecule has 8 nitrogen and oxygen atoms in total. The summed E-state index contributed by atoms with van der Waals surface area (Å²) < 4.78 is 10.2. The number of nitrogens with two attached hydrogens (primary N) is 1. The van der Waals surface area contributed by atoms with Gasteiger partial charge in [-0.1, -0.05) is 12.1 Å². The van der Waals surface area contributed by atoms with Crippen LogP contribution in [0.2, 0.25) is 0 Å². The van der Waals surface area contributed by atoms with Crippen molar-refractivity contribution in [1.29, 1.82) is 0 Å². The zero-order valence-electron chi connectivity index (χ0n) is 15.1. The second kappa shape index (κ2) is 11.2. The molecule has 2 atom stereocenters. The monoisotopic (exact) mass is 383 g/mol. The van der Waals surface area contributed by atoms with Gasteiger partial charge in [0.25, 0.3) is 5.91 Å². The number of benzene rings is 1. The average molecular weight is 383 g/mol. The Morgan fingerprint density at radius 1 is 1.23 bits per heavy atom. The molecule has 0 fully saturated rings. The Labute approximate surface area is 157 Å². The maximum absolute atomic E-state index is 12.1. The van der Waals surface area contributed by atoms with E-state index in [0.717, 1.165) is 11.3 Å². The molecule has 0 heterocycles. The van der Waals surface area contributed by atoms with Gasteiger partial charge in [0.05, 0.1) is 7.11 Å². The van der Waals surface area contributed by atoms with Gasteiger partial charge in [-0.05, 0) is 43.0 Å². The number of thioether (sulfide) groups is 1. The van der Waals surface area contributed by atoms with Crippen LogP contribution in [0.15, 0.2) is 24.3 Å². The number of carbonyl (C=O) groups is 3. The van der Waals surface area contributed by atoms with Crippen LogP contribution in [0, 0.1) is 0 Å². The lowest BCUT2D eigenvalue weighted by Gasteiger charge is -2.19. The molecular formula is C17H25N3O5S. The first-order chi connectivity index (χ1) is 12.4. The van der Waals surface area contributed by atoms with Crippen molar-refractivity contribution in [2.45, 2.75) is 32.0 Å². The number of carbonyl (C=O) groups excluding carboxylic acids is 3. The SMILES string of the molecule is COc1ccc(CNC(=O)[C@@H](C)OC(=O)[C@H](CCSC)NC(N)=O)cc1. The second-order valence-corrected chi connectivity index (χ2v) is 6.47. The Hall–Kier alpha value is -2.42. The number of nitrogens with one attached hydrogen (secondary N) is 2. The molecule has 3 amide bonds. The Balaban J connectivity index is 2.52. The highest BCUT2D eigenvalue weighted by Gasteiger charge is 2.25. The third-order valence-corrected chi connectivity index (χ3v) is 4.14. The maximum atomic E-state index is 12.1. The number of urea groups is 1. The van der Waals surface area contributed by atoms with Gasteiger partial charge < -0.3 is 25.8 Å². The van der Waals surface area contributed by atoms with E-state index in [1.54, 1.807) is 19.2 Å². The zero-order chi connectivity index (χ0) is 19.5. The van der Waals surface area contributed by atoms with E-state index in [0.29, 0.717) is 18.7 Å². The first-order valence-corrected chi connectivity index (χ1v) is 9.42. The van der Waals surface area contributed by atoms with Gasteiger partial charge in [0, 0.05) is 6.54 Å². The van der Waals surface area contributed by atoms with Gasteiger partial charge in [-0.15, -0.1) is 0 Å². The van der Waals surface area contributed by atoms with Crippen molar-refractivity contribution < 1.29 is 23.9 Å². The molecule has 0 aliphatic heterocycles. The molecule has 0 aliphatic rings. The molecule has 0 saturated carbocycles. The number of methoxy groups -OCH3 is 1. The number of hydrogen-bond donors (Lipinski definition) is 3. The van der Waals surface area contributed by atoms with Gasteiger partial charge in [0.1, 0.15) is 11.8 Å². The third kappa shape index (κ3) is 7.64. The summed E-state index contributed by atoms with van der Waals surface area (Å²) in [5, 5.41) is 5.03. The van der Waals surface area contributed by atoms with Crippen LogP contribution in [0.4, 0.5) is 4.79 Å². The molecule has 9 heteroatoms. The van der Waals surface area contributed by atoms with Crippen LogP contribution in [0.3, 0.4) is 0 Å². The fourth-order valence-electron chi connectivity index (χ4n) is 2.04. The van der Waals surface area contributed by atoms with E-state index in [9.17, 15) is 14.4 Å². The molecule has 1 rings (SSSR count). The van der Waals surface area contributed by atoms with Gasteiger partial charge in [0.2, 0.25) is 0 Å². The van der Waals surface area contributed by atoms with E-state index in [1.807, 2.05) is 18.4 Å². The topological polar surface area (TPSA) is 120 Å². The number of ether oxygens (including phenoxy) is 2. The minimum Gasteiger partial charge on any atom is -0.497 e. The lowest BCUT2D eigenvalue weighted by atomic mass is 10.2. The molecule has 0 spiro atoms. The standard InChI is InChI=1S/C17H25N3O5S/c1-11(25-16(22)14(8-9-26-3)20-17(18)23)15(21)19-10-12-4-6-13(24-2)7-5-12/h4-7,11,14H,8-10H2,1-3H3,(H,19,21)(H3,18,20,23)/t11-,14+/m1/s1. The van der Waals surface area contributed by atoms with Crippen LogP contribution >= 0.6 is 11.8 Å². The van der Waals surface area contributed by atoms with E-state index >= 15 is 0 Å². The minimum atomic E-state index is -0.993. The quantitative estimate of drug-likeness (QED) is 0.519. The summed E-state index contributed by atoms with van der Waals surface area (Å²) in [5.74, 6) is 0.236. The van der Waals surface area contributed by atoms with Crippen molar-refractivity contribution in [3.63, 3.8) is 0 Å². The van der Waals surface area contributed by atoms with E-state index < -0.39 is 30.1 Å². The van der Waals surface area contributed by atoms with E-state index in [4.69, 9.17) is 15.2 Å². The Bertz CT molecular complexity index is 609. The highest BCUT2D eigenvalue weighted by molar-refractivity contribution is 7.98. The molecule has 0 unspecified atom stereocenters. The molecule has 0 radical (unpaired) electrons. The van der Waals surface area contributed by atoms with Crippen LogP contribution in [0.1, 0.15) is 18.9 Å². The summed E-state index contributed by atoms with van der Waals surface area (Å²) >= 11 is 1.52. The lowest BCUT2D eigenvalue weighted by molar-refractivity contribution is -0.156. The second-order valence-electron chi connectivity index (χ2n) is 5.49. The highest BCUT2D eigenvalue weighted by atomic mass is 32.2. The van der Waals surface area contributed by atoms with Crippen molar-refractivity contribution in [2.75, 3.05) is 19.1 Å². The number of esters is 1. The smallest absolute Gasteiger partial charge is 0.329 e. The van der Waals surface area contributed by atoms with Gasteiger partial charge in [0.15, 0.2) is 6.10 Å². The van der Waals surface area contributed by atoms with Crippen molar-refractivity contribution in [3.05, 3.63) is 29.8 Å². The molecule has 0 bridgehead atoms. The first kappa shape index (κ1) is 21.6. The average Bonchev–Trinajstić information content (AvgIpc) is 2.63. The largest absolute Gasteiger partial charge is 0.497 e. The van der Waals surface area contributed by atoms with Crippen LogP contribution < -0.4 is 21.1 Å². The van der Waals surface area contributed by atoms with Gasteiger partial charge >= 0.3 is 12.0 Å². The third-order valence-electron chi connectivity index (χ3n) is 3.50. The molecule has 0 aliphatic carbocycles. The molecule has 144 valence electrons. The molecule has 26 heavy (non-hydrogen) atoms. The first-order valence-electron chi connectivity index (χ1n) is 8.03. The van der Waals surface area contributed by atoms with Crippen LogP contribution in [0.25, 0.3) is 0 Å². The Morgan fingerprint density at radius 3 is 2.42 bits per heavy atom. The molecule has 4 N–H and O–H groups in total. The number of rotatable bonds is 10.